The van der Waals surface area contributed by atoms with Gasteiger partial charge in [0.25, 0.3) is 5.91 Å². The van der Waals surface area contributed by atoms with Crippen molar-refractivity contribution in [1.82, 2.24) is 9.80 Å². The lowest BCUT2D eigenvalue weighted by Gasteiger charge is -2.23. The van der Waals surface area contributed by atoms with Gasteiger partial charge in [-0.05, 0) is 57.0 Å². The Hall–Kier alpha value is -1.55. The summed E-state index contributed by atoms with van der Waals surface area (Å²) >= 11 is 0. The third-order valence-electron chi connectivity index (χ3n) is 4.56. The second-order valence-corrected chi connectivity index (χ2v) is 5.94. The molecule has 1 N–H and O–H groups in total. The monoisotopic (exact) mass is 274 g/mol. The fraction of sp³-hybridized carbons (Fsp3) is 0.562. The first-order chi connectivity index (χ1) is 9.65. The molecule has 2 fully saturated rings. The third kappa shape index (κ3) is 2.52. The first kappa shape index (κ1) is 13.4. The van der Waals surface area contributed by atoms with Gasteiger partial charge in [-0.15, -0.1) is 0 Å². The molecule has 1 aromatic carbocycles. The van der Waals surface area contributed by atoms with E-state index in [1.54, 1.807) is 18.2 Å². The van der Waals surface area contributed by atoms with Crippen LogP contribution < -0.4 is 0 Å². The van der Waals surface area contributed by atoms with E-state index in [0.29, 0.717) is 11.6 Å². The van der Waals surface area contributed by atoms with Crippen molar-refractivity contribution in [3.8, 4) is 5.75 Å². The lowest BCUT2D eigenvalue weighted by atomic mass is 10.1. The maximum Gasteiger partial charge on any atom is 0.254 e. The van der Waals surface area contributed by atoms with Crippen LogP contribution >= 0.6 is 0 Å². The van der Waals surface area contributed by atoms with Crippen LogP contribution in [0.15, 0.2) is 18.2 Å². The van der Waals surface area contributed by atoms with E-state index in [1.807, 2.05) is 11.8 Å². The Morgan fingerprint density at radius 1 is 1.25 bits per heavy atom. The molecular formula is C16H22N2O2. The number of carbonyl (C=O) groups is 1. The number of rotatable bonds is 2. The van der Waals surface area contributed by atoms with Gasteiger partial charge in [0.2, 0.25) is 0 Å². The van der Waals surface area contributed by atoms with Crippen LogP contribution in [0.4, 0.5) is 0 Å². The molecule has 1 aromatic rings. The fourth-order valence-corrected chi connectivity index (χ4v) is 3.26. The Labute approximate surface area is 120 Å². The van der Waals surface area contributed by atoms with Gasteiger partial charge in [-0.25, -0.2) is 0 Å². The van der Waals surface area contributed by atoms with Gasteiger partial charge in [-0.2, -0.15) is 0 Å². The molecule has 0 bridgehead atoms. The summed E-state index contributed by atoms with van der Waals surface area (Å²) in [7, 11) is 0. The lowest BCUT2D eigenvalue weighted by Crippen LogP contribution is -2.37. The molecule has 2 aliphatic heterocycles. The lowest BCUT2D eigenvalue weighted by molar-refractivity contribution is 0.0779. The Balaban J connectivity index is 1.67. The van der Waals surface area contributed by atoms with Crippen LogP contribution in [0.1, 0.15) is 35.2 Å². The number of nitrogens with zero attached hydrogens (tertiary/aromatic N) is 2. The molecule has 0 radical (unpaired) electrons. The predicted molar refractivity (Wildman–Crippen MR) is 78.0 cm³/mol. The molecule has 108 valence electrons. The van der Waals surface area contributed by atoms with Gasteiger partial charge in [-0.3, -0.25) is 9.69 Å². The quantitative estimate of drug-likeness (QED) is 0.897. The van der Waals surface area contributed by atoms with Crippen LogP contribution in [-0.4, -0.2) is 53.0 Å². The number of phenolic OH excluding ortho intramolecular Hbond substituents is 1. The van der Waals surface area contributed by atoms with Crippen molar-refractivity contribution in [2.24, 2.45) is 0 Å². The maximum atomic E-state index is 12.5. The highest BCUT2D eigenvalue weighted by atomic mass is 16.3. The average molecular weight is 274 g/mol. The zero-order chi connectivity index (χ0) is 14.1. The molecule has 1 unspecified atom stereocenters. The molecule has 0 aliphatic carbocycles. The second kappa shape index (κ2) is 5.44. The molecule has 0 spiro atoms. The summed E-state index contributed by atoms with van der Waals surface area (Å²) < 4.78 is 0. The minimum atomic E-state index is 0.0435. The van der Waals surface area contributed by atoms with Crippen LogP contribution in [0.25, 0.3) is 0 Å². The van der Waals surface area contributed by atoms with Crippen LogP contribution in [0.2, 0.25) is 0 Å². The standard InChI is InChI=1S/C16H22N2O2/c1-12-4-5-13(10-15(12)19)16(20)18-9-6-14(11-18)17-7-2-3-8-17/h4-5,10,14,19H,2-3,6-9,11H2,1H3. The molecule has 0 saturated carbocycles. The summed E-state index contributed by atoms with van der Waals surface area (Å²) in [4.78, 5) is 16.9. The predicted octanol–water partition coefficient (Wildman–Crippen LogP) is 2.01. The molecule has 2 aliphatic rings. The number of amides is 1. The highest BCUT2D eigenvalue weighted by molar-refractivity contribution is 5.95. The molecule has 20 heavy (non-hydrogen) atoms. The van der Waals surface area contributed by atoms with E-state index in [4.69, 9.17) is 0 Å². The summed E-state index contributed by atoms with van der Waals surface area (Å²) in [5.74, 6) is 0.244. The van der Waals surface area contributed by atoms with Gasteiger partial charge in [0.1, 0.15) is 5.75 Å². The first-order valence-corrected chi connectivity index (χ1v) is 7.48. The minimum absolute atomic E-state index is 0.0435. The van der Waals surface area contributed by atoms with Gasteiger partial charge in [0.05, 0.1) is 0 Å². The topological polar surface area (TPSA) is 43.8 Å². The van der Waals surface area contributed by atoms with Gasteiger partial charge in [0.15, 0.2) is 0 Å². The second-order valence-electron chi connectivity index (χ2n) is 5.94. The van der Waals surface area contributed by atoms with E-state index in [2.05, 4.69) is 4.90 Å². The zero-order valence-corrected chi connectivity index (χ0v) is 12.0. The van der Waals surface area contributed by atoms with E-state index >= 15 is 0 Å². The molecule has 4 nitrogen and oxygen atoms in total. The summed E-state index contributed by atoms with van der Waals surface area (Å²) in [6.45, 7) is 5.85. The summed E-state index contributed by atoms with van der Waals surface area (Å²) in [5, 5.41) is 9.74. The molecule has 0 aromatic heterocycles. The number of likely N-dealkylation sites (tertiary alicyclic amines) is 2. The molecular weight excluding hydrogens is 252 g/mol. The number of carbonyl (C=O) groups excluding carboxylic acids is 1. The van der Waals surface area contributed by atoms with Crippen molar-refractivity contribution in [2.75, 3.05) is 26.2 Å². The number of phenols is 1. The average Bonchev–Trinajstić information content (AvgIpc) is 3.11. The van der Waals surface area contributed by atoms with Crippen LogP contribution in [0.5, 0.6) is 5.75 Å². The van der Waals surface area contributed by atoms with Crippen molar-refractivity contribution < 1.29 is 9.90 Å². The molecule has 2 heterocycles. The Kier molecular flexibility index (Phi) is 3.66. The molecule has 4 heteroatoms. The van der Waals surface area contributed by atoms with Crippen molar-refractivity contribution in [2.45, 2.75) is 32.2 Å². The van der Waals surface area contributed by atoms with E-state index in [1.165, 1.54) is 25.9 Å². The van der Waals surface area contributed by atoms with Crippen molar-refractivity contribution in [3.05, 3.63) is 29.3 Å². The highest BCUT2D eigenvalue weighted by Gasteiger charge is 2.31. The molecule has 2 saturated heterocycles. The van der Waals surface area contributed by atoms with Gasteiger partial charge in [-0.1, -0.05) is 6.07 Å². The summed E-state index contributed by atoms with van der Waals surface area (Å²) in [6.07, 6.45) is 3.65. The number of hydrogen-bond acceptors (Lipinski definition) is 3. The van der Waals surface area contributed by atoms with E-state index in [0.717, 1.165) is 25.1 Å². The SMILES string of the molecule is Cc1ccc(C(=O)N2CCC(N3CCCC3)C2)cc1O. The molecule has 1 atom stereocenters. The van der Waals surface area contributed by atoms with E-state index in [-0.39, 0.29) is 11.7 Å². The fourth-order valence-electron chi connectivity index (χ4n) is 3.26. The number of benzene rings is 1. The summed E-state index contributed by atoms with van der Waals surface area (Å²) in [6, 6.07) is 5.72. The number of aryl methyl sites for hydroxylation is 1. The Morgan fingerprint density at radius 3 is 2.70 bits per heavy atom. The Morgan fingerprint density at radius 2 is 2.00 bits per heavy atom. The highest BCUT2D eigenvalue weighted by Crippen LogP contribution is 2.23. The van der Waals surface area contributed by atoms with Gasteiger partial charge in [0, 0.05) is 24.7 Å². The van der Waals surface area contributed by atoms with Crippen molar-refractivity contribution in [1.29, 1.82) is 0 Å². The minimum Gasteiger partial charge on any atom is -0.508 e. The normalized spacial score (nSPS) is 23.4. The van der Waals surface area contributed by atoms with Crippen LogP contribution in [0, 0.1) is 6.92 Å². The van der Waals surface area contributed by atoms with E-state index in [9.17, 15) is 9.90 Å². The van der Waals surface area contributed by atoms with Crippen LogP contribution in [-0.2, 0) is 0 Å². The number of hydrogen-bond donors (Lipinski definition) is 1. The third-order valence-corrected chi connectivity index (χ3v) is 4.56. The molecule has 1 amide bonds. The van der Waals surface area contributed by atoms with Crippen molar-refractivity contribution in [3.63, 3.8) is 0 Å². The zero-order valence-electron chi connectivity index (χ0n) is 12.0. The number of aromatic hydroxyl groups is 1. The van der Waals surface area contributed by atoms with Crippen LogP contribution in [0.3, 0.4) is 0 Å². The van der Waals surface area contributed by atoms with Gasteiger partial charge >= 0.3 is 0 Å². The maximum absolute atomic E-state index is 12.5. The Bertz CT molecular complexity index is 509. The smallest absolute Gasteiger partial charge is 0.254 e. The van der Waals surface area contributed by atoms with E-state index < -0.39 is 0 Å². The first-order valence-electron chi connectivity index (χ1n) is 7.48. The van der Waals surface area contributed by atoms with Gasteiger partial charge < -0.3 is 10.0 Å². The summed E-state index contributed by atoms with van der Waals surface area (Å²) in [5.41, 5.74) is 1.40. The largest absolute Gasteiger partial charge is 0.508 e. The molecule has 3 rings (SSSR count). The van der Waals surface area contributed by atoms with Crippen molar-refractivity contribution >= 4 is 5.91 Å².